The summed E-state index contributed by atoms with van der Waals surface area (Å²) in [6, 6.07) is 0. The van der Waals surface area contributed by atoms with Crippen LogP contribution in [0.25, 0.3) is 0 Å². The summed E-state index contributed by atoms with van der Waals surface area (Å²) in [5.74, 6) is -0.201. The lowest BCUT2D eigenvalue weighted by Crippen LogP contribution is -2.49. The maximum atomic E-state index is 12.2. The average Bonchev–Trinajstić information content (AvgIpc) is 2.60. The standard InChI is InChI=1S/C14H25BrO4Si/c1-14(2,3)20(4,5)19-12-8-6-7-9(16)10(15)11(8)18-13(12)17/h8-12,16H,6-7H2,1-5H3/t8-,9+,10-,11-,12+/m1/s1. The van der Waals surface area contributed by atoms with Gasteiger partial charge in [0.05, 0.1) is 10.9 Å². The normalized spacial score (nSPS) is 38.5. The molecule has 0 aromatic heterocycles. The largest absolute Gasteiger partial charge is 0.459 e. The molecule has 6 heteroatoms. The Morgan fingerprint density at radius 3 is 2.50 bits per heavy atom. The minimum atomic E-state index is -2.01. The third kappa shape index (κ3) is 2.84. The molecule has 20 heavy (non-hydrogen) atoms. The molecule has 4 nitrogen and oxygen atoms in total. The summed E-state index contributed by atoms with van der Waals surface area (Å²) in [5, 5.41) is 9.95. The van der Waals surface area contributed by atoms with Crippen LogP contribution in [0.15, 0.2) is 0 Å². The first-order valence-corrected chi connectivity index (χ1v) is 11.1. The Morgan fingerprint density at radius 2 is 1.95 bits per heavy atom. The Kier molecular flexibility index (Phi) is 4.42. The van der Waals surface area contributed by atoms with Gasteiger partial charge in [-0.05, 0) is 31.0 Å². The van der Waals surface area contributed by atoms with E-state index in [0.717, 1.165) is 6.42 Å². The van der Waals surface area contributed by atoms with Crippen molar-refractivity contribution in [2.75, 3.05) is 0 Å². The van der Waals surface area contributed by atoms with Crippen LogP contribution in [0.2, 0.25) is 18.1 Å². The smallest absolute Gasteiger partial charge is 0.334 e. The number of esters is 1. The fourth-order valence-corrected chi connectivity index (χ4v) is 4.65. The lowest BCUT2D eigenvalue weighted by molar-refractivity contribution is -0.147. The monoisotopic (exact) mass is 364 g/mol. The number of hydrogen-bond acceptors (Lipinski definition) is 4. The van der Waals surface area contributed by atoms with Crippen molar-refractivity contribution < 1.29 is 19.1 Å². The number of rotatable bonds is 2. The van der Waals surface area contributed by atoms with E-state index in [1.165, 1.54) is 0 Å². The summed E-state index contributed by atoms with van der Waals surface area (Å²) in [4.78, 5) is 12.0. The Balaban J connectivity index is 2.16. The highest BCUT2D eigenvalue weighted by molar-refractivity contribution is 9.09. The Morgan fingerprint density at radius 1 is 1.35 bits per heavy atom. The number of ether oxygens (including phenoxy) is 1. The summed E-state index contributed by atoms with van der Waals surface area (Å²) < 4.78 is 11.8. The molecule has 1 saturated heterocycles. The number of aliphatic hydroxyl groups is 1. The number of fused-ring (bicyclic) bond motifs is 1. The number of carbonyl (C=O) groups excluding carboxylic acids is 1. The molecule has 2 fully saturated rings. The Bertz CT molecular complexity index is 393. The van der Waals surface area contributed by atoms with Crippen molar-refractivity contribution in [3.8, 4) is 0 Å². The van der Waals surface area contributed by atoms with Crippen LogP contribution in [0, 0.1) is 5.92 Å². The van der Waals surface area contributed by atoms with Crippen molar-refractivity contribution in [1.29, 1.82) is 0 Å². The predicted octanol–water partition coefficient (Wildman–Crippen LogP) is 2.84. The van der Waals surface area contributed by atoms with E-state index >= 15 is 0 Å². The van der Waals surface area contributed by atoms with Gasteiger partial charge in [-0.25, -0.2) is 4.79 Å². The van der Waals surface area contributed by atoms with Gasteiger partial charge in [-0.3, -0.25) is 0 Å². The van der Waals surface area contributed by atoms with Gasteiger partial charge < -0.3 is 14.3 Å². The maximum absolute atomic E-state index is 12.2. The highest BCUT2D eigenvalue weighted by Crippen LogP contribution is 2.44. The number of hydrogen-bond donors (Lipinski definition) is 1. The second-order valence-corrected chi connectivity index (χ2v) is 13.3. The van der Waals surface area contributed by atoms with Crippen molar-refractivity contribution >= 4 is 30.2 Å². The topological polar surface area (TPSA) is 55.8 Å². The molecule has 0 spiro atoms. The van der Waals surface area contributed by atoms with Gasteiger partial charge in [0.25, 0.3) is 0 Å². The molecule has 1 saturated carbocycles. The van der Waals surface area contributed by atoms with E-state index in [0.29, 0.717) is 6.42 Å². The van der Waals surface area contributed by atoms with E-state index in [4.69, 9.17) is 9.16 Å². The lowest BCUT2D eigenvalue weighted by atomic mass is 9.83. The van der Waals surface area contributed by atoms with Gasteiger partial charge in [-0.2, -0.15) is 0 Å². The summed E-state index contributed by atoms with van der Waals surface area (Å²) in [6.45, 7) is 10.8. The van der Waals surface area contributed by atoms with Gasteiger partial charge in [-0.15, -0.1) is 0 Å². The molecule has 0 radical (unpaired) electrons. The molecule has 0 aromatic carbocycles. The number of aliphatic hydroxyl groups excluding tert-OH is 1. The zero-order chi connectivity index (χ0) is 15.3. The molecule has 0 aromatic rings. The first kappa shape index (κ1) is 16.5. The minimum absolute atomic E-state index is 0.0596. The zero-order valence-electron chi connectivity index (χ0n) is 12.9. The van der Waals surface area contributed by atoms with Crippen LogP contribution in [-0.2, 0) is 14.0 Å². The third-order valence-electron chi connectivity index (χ3n) is 5.00. The number of halogens is 1. The number of carbonyl (C=O) groups is 1. The van der Waals surface area contributed by atoms with Crippen molar-refractivity contribution in [2.24, 2.45) is 5.92 Å². The minimum Gasteiger partial charge on any atom is -0.459 e. The van der Waals surface area contributed by atoms with Crippen molar-refractivity contribution in [1.82, 2.24) is 0 Å². The van der Waals surface area contributed by atoms with E-state index in [-0.39, 0.29) is 27.9 Å². The van der Waals surface area contributed by atoms with Crippen molar-refractivity contribution in [2.45, 2.75) is 74.9 Å². The third-order valence-corrected chi connectivity index (χ3v) is 10.6. The molecule has 1 N–H and O–H groups in total. The molecule has 0 bridgehead atoms. The fraction of sp³-hybridized carbons (Fsp3) is 0.929. The second-order valence-electron chi connectivity index (χ2n) is 7.45. The Labute approximate surface area is 130 Å². The SMILES string of the molecule is CC(C)(C)[Si](C)(C)O[C@@H]1C(=O)O[C@H]2[C@H](Br)[C@@H](O)CC[C@H]21. The molecule has 2 rings (SSSR count). The van der Waals surface area contributed by atoms with E-state index < -0.39 is 20.5 Å². The molecular weight excluding hydrogens is 340 g/mol. The molecule has 0 unspecified atom stereocenters. The zero-order valence-corrected chi connectivity index (χ0v) is 15.4. The quantitative estimate of drug-likeness (QED) is 0.465. The molecule has 5 atom stereocenters. The summed E-state index contributed by atoms with van der Waals surface area (Å²) >= 11 is 3.46. The van der Waals surface area contributed by atoms with Crippen molar-refractivity contribution in [3.05, 3.63) is 0 Å². The summed E-state index contributed by atoms with van der Waals surface area (Å²) in [6.07, 6.45) is 0.287. The molecular formula is C14H25BrO4Si. The molecule has 116 valence electrons. The highest BCUT2D eigenvalue weighted by Gasteiger charge is 2.54. The van der Waals surface area contributed by atoms with Gasteiger partial charge in [0.15, 0.2) is 8.32 Å². The van der Waals surface area contributed by atoms with Crippen LogP contribution < -0.4 is 0 Å². The predicted molar refractivity (Wildman–Crippen MR) is 83.4 cm³/mol. The van der Waals surface area contributed by atoms with Crippen LogP contribution in [0.3, 0.4) is 0 Å². The second kappa shape index (κ2) is 5.37. The van der Waals surface area contributed by atoms with Crippen LogP contribution in [-0.4, -0.2) is 42.5 Å². The fourth-order valence-electron chi connectivity index (χ4n) is 2.62. The van der Waals surface area contributed by atoms with E-state index in [9.17, 15) is 9.90 Å². The maximum Gasteiger partial charge on any atom is 0.334 e. The highest BCUT2D eigenvalue weighted by atomic mass is 79.9. The molecule has 0 amide bonds. The number of alkyl halides is 1. The van der Waals surface area contributed by atoms with E-state index in [1.54, 1.807) is 0 Å². The van der Waals surface area contributed by atoms with Gasteiger partial charge in [0.1, 0.15) is 12.2 Å². The first-order valence-electron chi connectivity index (χ1n) is 7.25. The van der Waals surface area contributed by atoms with Crippen LogP contribution in [0.5, 0.6) is 0 Å². The summed E-state index contributed by atoms with van der Waals surface area (Å²) in [5.41, 5.74) is 0. The average molecular weight is 365 g/mol. The van der Waals surface area contributed by atoms with Gasteiger partial charge in [0, 0.05) is 5.92 Å². The lowest BCUT2D eigenvalue weighted by Gasteiger charge is -2.40. The van der Waals surface area contributed by atoms with Crippen LogP contribution in [0.4, 0.5) is 0 Å². The van der Waals surface area contributed by atoms with E-state index in [1.807, 2.05) is 0 Å². The van der Waals surface area contributed by atoms with Gasteiger partial charge >= 0.3 is 5.97 Å². The molecule has 1 heterocycles. The van der Waals surface area contributed by atoms with E-state index in [2.05, 4.69) is 49.8 Å². The Hall–Kier alpha value is 0.0869. The van der Waals surface area contributed by atoms with Gasteiger partial charge in [-0.1, -0.05) is 36.7 Å². The van der Waals surface area contributed by atoms with Crippen LogP contribution >= 0.6 is 15.9 Å². The molecule has 2 aliphatic rings. The summed E-state index contributed by atoms with van der Waals surface area (Å²) in [7, 11) is -2.01. The molecule has 1 aliphatic carbocycles. The van der Waals surface area contributed by atoms with Crippen molar-refractivity contribution in [3.63, 3.8) is 0 Å². The molecule has 1 aliphatic heterocycles. The van der Waals surface area contributed by atoms with Gasteiger partial charge in [0.2, 0.25) is 0 Å². The van der Waals surface area contributed by atoms with Crippen LogP contribution in [0.1, 0.15) is 33.6 Å². The first-order chi connectivity index (χ1) is 9.04.